The molecule has 2 rings (SSSR count). The standard InChI is InChI=1S/C15H17BrN2/c1-2-11-3-5-12(6-4-11)10-18-15-8-7-13(17)9-14(15)16/h3-9,18H,2,10,17H2,1H3. The molecule has 0 saturated carbocycles. The van der Waals surface area contributed by atoms with Gasteiger partial charge < -0.3 is 11.1 Å². The summed E-state index contributed by atoms with van der Waals surface area (Å²) in [6.07, 6.45) is 1.08. The van der Waals surface area contributed by atoms with E-state index in [-0.39, 0.29) is 0 Å². The maximum absolute atomic E-state index is 5.71. The van der Waals surface area contributed by atoms with Gasteiger partial charge in [-0.1, -0.05) is 31.2 Å². The Labute approximate surface area is 116 Å². The van der Waals surface area contributed by atoms with E-state index in [0.29, 0.717) is 0 Å². The number of halogens is 1. The molecule has 2 aromatic rings. The Morgan fingerprint density at radius 1 is 1.06 bits per heavy atom. The number of nitrogens with one attached hydrogen (secondary N) is 1. The molecule has 18 heavy (non-hydrogen) atoms. The van der Waals surface area contributed by atoms with Gasteiger partial charge in [0.05, 0.1) is 0 Å². The number of hydrogen-bond donors (Lipinski definition) is 2. The van der Waals surface area contributed by atoms with Crippen molar-refractivity contribution in [2.45, 2.75) is 19.9 Å². The minimum Gasteiger partial charge on any atom is -0.399 e. The first-order valence-electron chi connectivity index (χ1n) is 6.05. The lowest BCUT2D eigenvalue weighted by Crippen LogP contribution is -2.00. The summed E-state index contributed by atoms with van der Waals surface area (Å²) in [6, 6.07) is 14.5. The lowest BCUT2D eigenvalue weighted by Gasteiger charge is -2.09. The summed E-state index contributed by atoms with van der Waals surface area (Å²) in [4.78, 5) is 0. The Hall–Kier alpha value is -1.48. The zero-order chi connectivity index (χ0) is 13.0. The number of benzene rings is 2. The molecule has 94 valence electrons. The van der Waals surface area contributed by atoms with E-state index < -0.39 is 0 Å². The molecule has 0 aliphatic carbocycles. The summed E-state index contributed by atoms with van der Waals surface area (Å²) in [7, 11) is 0. The molecule has 2 nitrogen and oxygen atoms in total. The van der Waals surface area contributed by atoms with Crippen molar-refractivity contribution < 1.29 is 0 Å². The molecular weight excluding hydrogens is 288 g/mol. The fourth-order valence-electron chi connectivity index (χ4n) is 1.76. The quantitative estimate of drug-likeness (QED) is 0.831. The Balaban J connectivity index is 2.02. The highest BCUT2D eigenvalue weighted by Gasteiger charge is 2.00. The van der Waals surface area contributed by atoms with E-state index in [9.17, 15) is 0 Å². The first-order chi connectivity index (χ1) is 8.69. The van der Waals surface area contributed by atoms with E-state index in [0.717, 1.165) is 28.8 Å². The largest absolute Gasteiger partial charge is 0.399 e. The average Bonchev–Trinajstić information content (AvgIpc) is 2.38. The van der Waals surface area contributed by atoms with E-state index in [1.807, 2.05) is 18.2 Å². The molecular formula is C15H17BrN2. The number of hydrogen-bond acceptors (Lipinski definition) is 2. The molecule has 0 heterocycles. The molecule has 0 spiro atoms. The maximum Gasteiger partial charge on any atom is 0.0488 e. The molecule has 0 fully saturated rings. The van der Waals surface area contributed by atoms with Gasteiger partial charge in [-0.15, -0.1) is 0 Å². The van der Waals surface area contributed by atoms with Crippen molar-refractivity contribution in [2.24, 2.45) is 0 Å². The van der Waals surface area contributed by atoms with Gasteiger partial charge in [0.25, 0.3) is 0 Å². The molecule has 0 aromatic heterocycles. The first-order valence-corrected chi connectivity index (χ1v) is 6.85. The highest BCUT2D eigenvalue weighted by molar-refractivity contribution is 9.10. The van der Waals surface area contributed by atoms with Crippen molar-refractivity contribution in [1.82, 2.24) is 0 Å². The van der Waals surface area contributed by atoms with E-state index in [1.165, 1.54) is 11.1 Å². The van der Waals surface area contributed by atoms with Crippen molar-refractivity contribution in [3.05, 3.63) is 58.1 Å². The first kappa shape index (κ1) is 13.0. The van der Waals surface area contributed by atoms with Crippen LogP contribution in [-0.2, 0) is 13.0 Å². The number of anilines is 2. The van der Waals surface area contributed by atoms with Gasteiger partial charge >= 0.3 is 0 Å². The molecule has 0 saturated heterocycles. The lowest BCUT2D eigenvalue weighted by molar-refractivity contribution is 1.10. The van der Waals surface area contributed by atoms with Gasteiger partial charge in [0.15, 0.2) is 0 Å². The Morgan fingerprint density at radius 2 is 1.72 bits per heavy atom. The average molecular weight is 305 g/mol. The second-order valence-corrected chi connectivity index (χ2v) is 5.12. The van der Waals surface area contributed by atoms with Gasteiger partial charge in [0, 0.05) is 22.4 Å². The molecule has 0 unspecified atom stereocenters. The fourth-order valence-corrected chi connectivity index (χ4v) is 2.30. The molecule has 0 amide bonds. The third kappa shape index (κ3) is 3.26. The Kier molecular flexibility index (Phi) is 4.26. The zero-order valence-electron chi connectivity index (χ0n) is 10.4. The minimum atomic E-state index is 0.764. The van der Waals surface area contributed by atoms with Crippen LogP contribution in [0.3, 0.4) is 0 Å². The van der Waals surface area contributed by atoms with Gasteiger partial charge in [-0.05, 0) is 51.7 Å². The topological polar surface area (TPSA) is 38.0 Å². The number of rotatable bonds is 4. The second kappa shape index (κ2) is 5.91. The van der Waals surface area contributed by atoms with Gasteiger partial charge in [-0.2, -0.15) is 0 Å². The summed E-state index contributed by atoms with van der Waals surface area (Å²) in [5.74, 6) is 0. The Morgan fingerprint density at radius 3 is 2.33 bits per heavy atom. The molecule has 0 bridgehead atoms. The van der Waals surface area contributed by atoms with Crippen LogP contribution in [0.25, 0.3) is 0 Å². The van der Waals surface area contributed by atoms with Gasteiger partial charge in [0.1, 0.15) is 0 Å². The molecule has 3 heteroatoms. The van der Waals surface area contributed by atoms with Crippen molar-refractivity contribution >= 4 is 27.3 Å². The lowest BCUT2D eigenvalue weighted by atomic mass is 10.1. The SMILES string of the molecule is CCc1ccc(CNc2ccc(N)cc2Br)cc1. The summed E-state index contributed by atoms with van der Waals surface area (Å²) < 4.78 is 0.993. The Bertz CT molecular complexity index is 521. The summed E-state index contributed by atoms with van der Waals surface area (Å²) in [5, 5.41) is 3.39. The highest BCUT2D eigenvalue weighted by atomic mass is 79.9. The normalized spacial score (nSPS) is 10.3. The molecule has 2 aromatic carbocycles. The third-order valence-electron chi connectivity index (χ3n) is 2.91. The molecule has 0 atom stereocenters. The van der Waals surface area contributed by atoms with E-state index in [2.05, 4.69) is 52.4 Å². The van der Waals surface area contributed by atoms with Crippen LogP contribution in [0, 0.1) is 0 Å². The van der Waals surface area contributed by atoms with E-state index in [1.54, 1.807) is 0 Å². The van der Waals surface area contributed by atoms with E-state index in [4.69, 9.17) is 5.73 Å². The summed E-state index contributed by atoms with van der Waals surface area (Å²) in [5.41, 5.74) is 10.2. The van der Waals surface area contributed by atoms with Crippen molar-refractivity contribution in [3.63, 3.8) is 0 Å². The number of aryl methyl sites for hydroxylation is 1. The number of nitrogens with two attached hydrogens (primary N) is 1. The van der Waals surface area contributed by atoms with Crippen molar-refractivity contribution in [1.29, 1.82) is 0 Å². The predicted molar refractivity (Wildman–Crippen MR) is 81.7 cm³/mol. The van der Waals surface area contributed by atoms with Crippen LogP contribution in [0.5, 0.6) is 0 Å². The van der Waals surface area contributed by atoms with Crippen molar-refractivity contribution in [3.8, 4) is 0 Å². The third-order valence-corrected chi connectivity index (χ3v) is 3.56. The number of nitrogen functional groups attached to an aromatic ring is 1. The smallest absolute Gasteiger partial charge is 0.0488 e. The predicted octanol–water partition coefficient (Wildman–Crippen LogP) is 4.21. The zero-order valence-corrected chi connectivity index (χ0v) is 12.0. The summed E-state index contributed by atoms with van der Waals surface area (Å²) in [6.45, 7) is 2.98. The van der Waals surface area contributed by atoms with Crippen LogP contribution in [-0.4, -0.2) is 0 Å². The molecule has 3 N–H and O–H groups in total. The van der Waals surface area contributed by atoms with Crippen LogP contribution in [0.2, 0.25) is 0 Å². The van der Waals surface area contributed by atoms with Gasteiger partial charge in [-0.25, -0.2) is 0 Å². The van der Waals surface area contributed by atoms with Gasteiger partial charge in [0.2, 0.25) is 0 Å². The van der Waals surface area contributed by atoms with Crippen LogP contribution in [0.1, 0.15) is 18.1 Å². The summed E-state index contributed by atoms with van der Waals surface area (Å²) >= 11 is 3.50. The van der Waals surface area contributed by atoms with Crippen LogP contribution in [0.4, 0.5) is 11.4 Å². The van der Waals surface area contributed by atoms with Crippen LogP contribution < -0.4 is 11.1 Å². The van der Waals surface area contributed by atoms with Crippen molar-refractivity contribution in [2.75, 3.05) is 11.1 Å². The van der Waals surface area contributed by atoms with Crippen LogP contribution in [0.15, 0.2) is 46.9 Å². The van der Waals surface area contributed by atoms with E-state index >= 15 is 0 Å². The highest BCUT2D eigenvalue weighted by Crippen LogP contribution is 2.25. The molecule has 0 radical (unpaired) electrons. The second-order valence-electron chi connectivity index (χ2n) is 4.26. The maximum atomic E-state index is 5.71. The van der Waals surface area contributed by atoms with Crippen LogP contribution >= 0.6 is 15.9 Å². The minimum absolute atomic E-state index is 0.764. The molecule has 0 aliphatic rings. The van der Waals surface area contributed by atoms with Gasteiger partial charge in [-0.3, -0.25) is 0 Å². The molecule has 0 aliphatic heterocycles. The fraction of sp³-hybridized carbons (Fsp3) is 0.200. The monoisotopic (exact) mass is 304 g/mol.